The number of nitrogens with zero attached hydrogens (tertiary/aromatic N) is 3. The van der Waals surface area contributed by atoms with Gasteiger partial charge in [0, 0.05) is 6.54 Å². The third kappa shape index (κ3) is 2.74. The zero-order chi connectivity index (χ0) is 15.6. The summed E-state index contributed by atoms with van der Waals surface area (Å²) in [6, 6.07) is 18.9. The molecular weight excluding hydrogens is 302 g/mol. The largest absolute Gasteiger partial charge is 0.290 e. The highest BCUT2D eigenvalue weighted by molar-refractivity contribution is 7.18. The number of benzene rings is 2. The van der Waals surface area contributed by atoms with Gasteiger partial charge in [-0.2, -0.15) is 5.26 Å². The molecule has 3 nitrogen and oxygen atoms in total. The van der Waals surface area contributed by atoms with Crippen molar-refractivity contribution in [3.05, 3.63) is 64.7 Å². The van der Waals surface area contributed by atoms with Gasteiger partial charge in [-0.3, -0.25) is 4.90 Å². The van der Waals surface area contributed by atoms with Gasteiger partial charge in [-0.25, -0.2) is 4.98 Å². The summed E-state index contributed by atoms with van der Waals surface area (Å²) in [7, 11) is 0. The average Bonchev–Trinajstić information content (AvgIpc) is 3.21. The molecule has 0 spiro atoms. The van der Waals surface area contributed by atoms with Crippen LogP contribution in [0.2, 0.25) is 0 Å². The number of rotatable bonds is 3. The Kier molecular flexibility index (Phi) is 3.82. The van der Waals surface area contributed by atoms with Gasteiger partial charge in [0.25, 0.3) is 0 Å². The molecule has 2 aromatic carbocycles. The fourth-order valence-corrected chi connectivity index (χ4v) is 4.45. The van der Waals surface area contributed by atoms with Crippen LogP contribution >= 0.6 is 11.3 Å². The molecule has 1 saturated heterocycles. The predicted molar refractivity (Wildman–Crippen MR) is 93.2 cm³/mol. The van der Waals surface area contributed by atoms with Crippen LogP contribution < -0.4 is 0 Å². The van der Waals surface area contributed by atoms with E-state index >= 15 is 0 Å². The number of para-hydroxylation sites is 1. The van der Waals surface area contributed by atoms with Gasteiger partial charge in [-0.05, 0) is 43.1 Å². The van der Waals surface area contributed by atoms with Crippen molar-refractivity contribution in [2.24, 2.45) is 0 Å². The van der Waals surface area contributed by atoms with Crippen LogP contribution in [0.15, 0.2) is 48.5 Å². The molecule has 4 rings (SSSR count). The Hall–Kier alpha value is -2.22. The van der Waals surface area contributed by atoms with E-state index in [0.29, 0.717) is 6.04 Å². The van der Waals surface area contributed by atoms with E-state index in [9.17, 15) is 5.26 Å². The van der Waals surface area contributed by atoms with Gasteiger partial charge in [-0.1, -0.05) is 30.3 Å². The van der Waals surface area contributed by atoms with Crippen molar-refractivity contribution < 1.29 is 0 Å². The van der Waals surface area contributed by atoms with Crippen LogP contribution in [0.25, 0.3) is 10.2 Å². The topological polar surface area (TPSA) is 39.9 Å². The normalized spacial score (nSPS) is 18.3. The van der Waals surface area contributed by atoms with Gasteiger partial charge in [0.2, 0.25) is 0 Å². The monoisotopic (exact) mass is 319 g/mol. The quantitative estimate of drug-likeness (QED) is 0.713. The Morgan fingerprint density at radius 3 is 2.87 bits per heavy atom. The van der Waals surface area contributed by atoms with Crippen LogP contribution in [0.4, 0.5) is 0 Å². The van der Waals surface area contributed by atoms with Crippen LogP contribution in [0.1, 0.15) is 35.0 Å². The molecule has 23 heavy (non-hydrogen) atoms. The summed E-state index contributed by atoms with van der Waals surface area (Å²) < 4.78 is 1.26. The first-order chi connectivity index (χ1) is 11.3. The number of fused-ring (bicyclic) bond motifs is 1. The third-order valence-electron chi connectivity index (χ3n) is 4.47. The van der Waals surface area contributed by atoms with Gasteiger partial charge in [-0.15, -0.1) is 11.3 Å². The molecule has 1 aliphatic rings. The summed E-state index contributed by atoms with van der Waals surface area (Å²) in [5.41, 5.74) is 2.99. The smallest absolute Gasteiger partial charge is 0.111 e. The van der Waals surface area contributed by atoms with Crippen LogP contribution in [0.3, 0.4) is 0 Å². The Bertz CT molecular complexity index is 844. The molecule has 1 unspecified atom stereocenters. The maximum Gasteiger partial charge on any atom is 0.111 e. The zero-order valence-corrected chi connectivity index (χ0v) is 13.6. The lowest BCUT2D eigenvalue weighted by molar-refractivity contribution is 0.248. The highest BCUT2D eigenvalue weighted by Gasteiger charge is 2.29. The van der Waals surface area contributed by atoms with Crippen LogP contribution in [-0.2, 0) is 6.54 Å². The first kappa shape index (κ1) is 14.4. The van der Waals surface area contributed by atoms with E-state index in [0.717, 1.165) is 36.2 Å². The standard InChI is InChI=1S/C19H17N3S/c20-12-14-6-1-2-7-15(14)13-22-11-5-9-17(22)19-21-16-8-3-4-10-18(16)23-19/h1-4,6-8,10,17H,5,9,11,13H2. The van der Waals surface area contributed by atoms with E-state index in [1.807, 2.05) is 24.3 Å². The molecule has 0 bridgehead atoms. The molecule has 3 aromatic rings. The average molecular weight is 319 g/mol. The van der Waals surface area contributed by atoms with Gasteiger partial charge >= 0.3 is 0 Å². The summed E-state index contributed by atoms with van der Waals surface area (Å²) in [4.78, 5) is 7.31. The third-order valence-corrected chi connectivity index (χ3v) is 5.61. The molecule has 0 saturated carbocycles. The summed E-state index contributed by atoms with van der Waals surface area (Å²) in [5, 5.41) is 10.5. The Morgan fingerprint density at radius 1 is 1.17 bits per heavy atom. The number of aromatic nitrogens is 1. The van der Waals surface area contributed by atoms with E-state index in [-0.39, 0.29) is 0 Å². The van der Waals surface area contributed by atoms with Gasteiger partial charge < -0.3 is 0 Å². The number of thiazole rings is 1. The minimum absolute atomic E-state index is 0.374. The summed E-state index contributed by atoms with van der Waals surface area (Å²) >= 11 is 1.80. The van der Waals surface area contributed by atoms with Crippen molar-refractivity contribution in [3.8, 4) is 6.07 Å². The predicted octanol–water partition coefficient (Wildman–Crippen LogP) is 4.51. The SMILES string of the molecule is N#Cc1ccccc1CN1CCCC1c1nc2ccccc2s1. The molecule has 114 valence electrons. The molecular formula is C19H17N3S. The number of hydrogen-bond donors (Lipinski definition) is 0. The Morgan fingerprint density at radius 2 is 2.00 bits per heavy atom. The minimum Gasteiger partial charge on any atom is -0.290 e. The molecule has 0 radical (unpaired) electrons. The molecule has 1 fully saturated rings. The molecule has 4 heteroatoms. The molecule has 1 aromatic heterocycles. The molecule has 0 aliphatic carbocycles. The molecule has 1 aliphatic heterocycles. The van der Waals surface area contributed by atoms with E-state index < -0.39 is 0 Å². The highest BCUT2D eigenvalue weighted by Crippen LogP contribution is 2.37. The van der Waals surface area contributed by atoms with Crippen molar-refractivity contribution in [2.45, 2.75) is 25.4 Å². The first-order valence-corrected chi connectivity index (χ1v) is 8.74. The van der Waals surface area contributed by atoms with Crippen molar-refractivity contribution in [1.29, 1.82) is 5.26 Å². The molecule has 0 N–H and O–H groups in total. The molecule has 2 heterocycles. The summed E-state index contributed by atoms with van der Waals surface area (Å²) in [5.74, 6) is 0. The van der Waals surface area contributed by atoms with Gasteiger partial charge in [0.1, 0.15) is 5.01 Å². The minimum atomic E-state index is 0.374. The zero-order valence-electron chi connectivity index (χ0n) is 12.8. The first-order valence-electron chi connectivity index (χ1n) is 7.92. The summed E-state index contributed by atoms with van der Waals surface area (Å²) in [6.45, 7) is 1.89. The Labute approximate surface area is 139 Å². The molecule has 1 atom stereocenters. The molecule has 0 amide bonds. The lowest BCUT2D eigenvalue weighted by Gasteiger charge is -2.23. The van der Waals surface area contributed by atoms with Crippen LogP contribution in [-0.4, -0.2) is 16.4 Å². The second kappa shape index (κ2) is 6.11. The lowest BCUT2D eigenvalue weighted by atomic mass is 10.1. The van der Waals surface area contributed by atoms with E-state index in [1.54, 1.807) is 11.3 Å². The van der Waals surface area contributed by atoms with E-state index in [4.69, 9.17) is 4.98 Å². The second-order valence-corrected chi connectivity index (χ2v) is 6.98. The maximum absolute atomic E-state index is 9.29. The number of hydrogen-bond acceptors (Lipinski definition) is 4. The van der Waals surface area contributed by atoms with Crippen molar-refractivity contribution in [3.63, 3.8) is 0 Å². The maximum atomic E-state index is 9.29. The number of likely N-dealkylation sites (tertiary alicyclic amines) is 1. The van der Waals surface area contributed by atoms with Crippen molar-refractivity contribution >= 4 is 21.6 Å². The number of nitriles is 1. The van der Waals surface area contributed by atoms with Gasteiger partial charge in [0.05, 0.1) is 27.9 Å². The van der Waals surface area contributed by atoms with E-state index in [2.05, 4.69) is 35.2 Å². The second-order valence-electron chi connectivity index (χ2n) is 5.92. The van der Waals surface area contributed by atoms with Crippen LogP contribution in [0.5, 0.6) is 0 Å². The lowest BCUT2D eigenvalue weighted by Crippen LogP contribution is -2.23. The Balaban J connectivity index is 1.63. The van der Waals surface area contributed by atoms with Gasteiger partial charge in [0.15, 0.2) is 0 Å². The van der Waals surface area contributed by atoms with Crippen LogP contribution in [0, 0.1) is 11.3 Å². The van der Waals surface area contributed by atoms with Crippen molar-refractivity contribution in [1.82, 2.24) is 9.88 Å². The van der Waals surface area contributed by atoms with E-state index in [1.165, 1.54) is 16.1 Å². The fraction of sp³-hybridized carbons (Fsp3) is 0.263. The highest BCUT2D eigenvalue weighted by atomic mass is 32.1. The summed E-state index contributed by atoms with van der Waals surface area (Å²) in [6.07, 6.45) is 2.34. The van der Waals surface area contributed by atoms with Crippen molar-refractivity contribution in [2.75, 3.05) is 6.54 Å². The fourth-order valence-electron chi connectivity index (χ4n) is 3.31.